The van der Waals surface area contributed by atoms with E-state index in [1.807, 2.05) is 22.6 Å². The summed E-state index contributed by atoms with van der Waals surface area (Å²) in [7, 11) is 1.65. The number of amides is 1. The molecule has 0 N–H and O–H groups in total. The smallest absolute Gasteiger partial charge is 0.262 e. The highest BCUT2D eigenvalue weighted by molar-refractivity contribution is 7.99. The van der Waals surface area contributed by atoms with Gasteiger partial charge in [0.2, 0.25) is 11.7 Å². The number of nitrogens with zero attached hydrogens (tertiary/aromatic N) is 5. The van der Waals surface area contributed by atoms with E-state index in [2.05, 4.69) is 24.0 Å². The molecule has 2 aromatic heterocycles. The first kappa shape index (κ1) is 23.0. The van der Waals surface area contributed by atoms with Crippen LogP contribution < -0.4 is 5.56 Å². The minimum atomic E-state index is -0.334. The van der Waals surface area contributed by atoms with E-state index in [9.17, 15) is 14.0 Å². The Hall–Kier alpha value is -3.20. The van der Waals surface area contributed by atoms with E-state index in [0.717, 1.165) is 6.42 Å². The third-order valence-corrected chi connectivity index (χ3v) is 6.44. The molecule has 0 aliphatic carbocycles. The van der Waals surface area contributed by atoms with Gasteiger partial charge < -0.3 is 4.90 Å². The summed E-state index contributed by atoms with van der Waals surface area (Å²) in [6.07, 6.45) is 0.836. The third-order valence-electron chi connectivity index (χ3n) is 5.52. The minimum Gasteiger partial charge on any atom is -0.341 e. The monoisotopic (exact) mass is 467 g/mol. The number of fused-ring (bicyclic) bond motifs is 3. The topological polar surface area (TPSA) is 72.5 Å². The molecule has 0 unspecified atom stereocenters. The minimum absolute atomic E-state index is 0.0941. The maximum Gasteiger partial charge on any atom is 0.262 e. The van der Waals surface area contributed by atoms with E-state index < -0.39 is 0 Å². The molecule has 9 heteroatoms. The highest BCUT2D eigenvalue weighted by Gasteiger charge is 2.19. The molecule has 4 rings (SSSR count). The van der Waals surface area contributed by atoms with Crippen LogP contribution in [0.1, 0.15) is 25.8 Å². The molecule has 0 fully saturated rings. The van der Waals surface area contributed by atoms with Gasteiger partial charge in [0, 0.05) is 25.7 Å². The molecular formula is C24H26FN5O2S. The Balaban J connectivity index is 1.61. The molecular weight excluding hydrogens is 441 g/mol. The first-order valence-corrected chi connectivity index (χ1v) is 11.8. The van der Waals surface area contributed by atoms with Gasteiger partial charge in [-0.25, -0.2) is 4.39 Å². The van der Waals surface area contributed by atoms with Crippen molar-refractivity contribution in [3.05, 3.63) is 70.3 Å². The molecule has 4 aromatic rings. The maximum atomic E-state index is 13.9. The number of thioether (sulfide) groups is 1. The van der Waals surface area contributed by atoms with Crippen LogP contribution in [0.2, 0.25) is 0 Å². The summed E-state index contributed by atoms with van der Waals surface area (Å²) < 4.78 is 17.4. The lowest BCUT2D eigenvalue weighted by Crippen LogP contribution is -2.28. The zero-order valence-corrected chi connectivity index (χ0v) is 19.7. The summed E-state index contributed by atoms with van der Waals surface area (Å²) >= 11 is 1.25. The van der Waals surface area contributed by atoms with E-state index >= 15 is 0 Å². The number of hydrogen-bond acceptors (Lipinski definition) is 5. The third kappa shape index (κ3) is 4.78. The van der Waals surface area contributed by atoms with Crippen LogP contribution >= 0.6 is 11.8 Å². The average Bonchev–Trinajstić information content (AvgIpc) is 3.22. The molecule has 0 radical (unpaired) electrons. The lowest BCUT2D eigenvalue weighted by Gasteiger charge is -2.17. The molecule has 0 atom stereocenters. The molecule has 2 heterocycles. The average molecular weight is 468 g/mol. The number of halogens is 1. The number of para-hydroxylation sites is 1. The first-order valence-electron chi connectivity index (χ1n) is 10.8. The molecule has 0 spiro atoms. The van der Waals surface area contributed by atoms with Crippen molar-refractivity contribution in [1.82, 2.24) is 24.1 Å². The van der Waals surface area contributed by atoms with Crippen molar-refractivity contribution in [2.45, 2.75) is 38.5 Å². The zero-order chi connectivity index (χ0) is 23.5. The Bertz CT molecular complexity index is 1360. The molecule has 0 aliphatic heterocycles. The standard InChI is InChI=1S/C24H26FN5O2S/c1-16(2)12-13-29-22(32)18-9-5-7-11-20(18)30-23(29)26-27-24(30)33-15-21(31)28(3)14-17-8-4-6-10-19(17)25/h4-11,16H,12-15H2,1-3H3. The Morgan fingerprint density at radius 1 is 1.12 bits per heavy atom. The van der Waals surface area contributed by atoms with Crippen LogP contribution in [0.15, 0.2) is 58.5 Å². The number of aromatic nitrogens is 4. The largest absolute Gasteiger partial charge is 0.341 e. The quantitative estimate of drug-likeness (QED) is 0.367. The molecule has 2 aromatic carbocycles. The second kappa shape index (κ2) is 9.74. The highest BCUT2D eigenvalue weighted by Crippen LogP contribution is 2.22. The van der Waals surface area contributed by atoms with Crippen molar-refractivity contribution < 1.29 is 9.18 Å². The van der Waals surface area contributed by atoms with Gasteiger partial charge in [-0.1, -0.05) is 55.9 Å². The van der Waals surface area contributed by atoms with Gasteiger partial charge in [-0.05, 0) is 30.5 Å². The van der Waals surface area contributed by atoms with Gasteiger partial charge in [-0.3, -0.25) is 18.6 Å². The molecule has 0 aliphatic rings. The van der Waals surface area contributed by atoms with Gasteiger partial charge in [0.05, 0.1) is 16.7 Å². The lowest BCUT2D eigenvalue weighted by atomic mass is 10.1. The Morgan fingerprint density at radius 2 is 1.85 bits per heavy atom. The summed E-state index contributed by atoms with van der Waals surface area (Å²) in [6, 6.07) is 13.8. The predicted molar refractivity (Wildman–Crippen MR) is 128 cm³/mol. The summed E-state index contributed by atoms with van der Waals surface area (Å²) in [6.45, 7) is 4.94. The van der Waals surface area contributed by atoms with Gasteiger partial charge in [0.15, 0.2) is 5.16 Å². The Kier molecular flexibility index (Phi) is 6.78. The number of carbonyl (C=O) groups is 1. The fourth-order valence-electron chi connectivity index (χ4n) is 3.62. The van der Waals surface area contributed by atoms with Crippen molar-refractivity contribution in [3.8, 4) is 0 Å². The van der Waals surface area contributed by atoms with Crippen LogP contribution in [0.25, 0.3) is 16.7 Å². The SMILES string of the molecule is CC(C)CCn1c(=O)c2ccccc2n2c(SCC(=O)N(C)Cc3ccccc3F)nnc12. The fourth-order valence-corrected chi connectivity index (χ4v) is 4.50. The first-order chi connectivity index (χ1) is 15.9. The predicted octanol–water partition coefficient (Wildman–Crippen LogP) is 3.98. The number of hydrogen-bond donors (Lipinski definition) is 0. The van der Waals surface area contributed by atoms with Crippen LogP contribution in [0, 0.1) is 11.7 Å². The lowest BCUT2D eigenvalue weighted by molar-refractivity contribution is -0.127. The van der Waals surface area contributed by atoms with Gasteiger partial charge in [-0.2, -0.15) is 0 Å². The summed E-state index contributed by atoms with van der Waals surface area (Å²) in [5, 5.41) is 9.70. The van der Waals surface area contributed by atoms with E-state index in [1.54, 1.807) is 35.9 Å². The van der Waals surface area contributed by atoms with Crippen molar-refractivity contribution >= 4 is 34.3 Å². The fraction of sp³-hybridized carbons (Fsp3) is 0.333. The maximum absolute atomic E-state index is 13.9. The van der Waals surface area contributed by atoms with Crippen LogP contribution in [-0.2, 0) is 17.9 Å². The van der Waals surface area contributed by atoms with Crippen LogP contribution in [0.4, 0.5) is 4.39 Å². The van der Waals surface area contributed by atoms with E-state index in [4.69, 9.17) is 0 Å². The molecule has 0 bridgehead atoms. The van der Waals surface area contributed by atoms with Gasteiger partial charge in [0.1, 0.15) is 5.82 Å². The van der Waals surface area contributed by atoms with Crippen LogP contribution in [0.5, 0.6) is 0 Å². The summed E-state index contributed by atoms with van der Waals surface area (Å²) in [5.41, 5.74) is 1.08. The molecule has 33 heavy (non-hydrogen) atoms. The van der Waals surface area contributed by atoms with E-state index in [-0.39, 0.29) is 29.6 Å². The molecule has 7 nitrogen and oxygen atoms in total. The Morgan fingerprint density at radius 3 is 2.61 bits per heavy atom. The Labute approximate surface area is 195 Å². The molecule has 0 saturated heterocycles. The van der Waals surface area contributed by atoms with Crippen molar-refractivity contribution in [2.24, 2.45) is 5.92 Å². The van der Waals surface area contributed by atoms with Crippen LogP contribution in [-0.4, -0.2) is 42.8 Å². The molecule has 0 saturated carbocycles. The van der Waals surface area contributed by atoms with E-state index in [0.29, 0.717) is 39.9 Å². The molecule has 1 amide bonds. The highest BCUT2D eigenvalue weighted by atomic mass is 32.2. The van der Waals surface area contributed by atoms with Gasteiger partial charge in [-0.15, -0.1) is 10.2 Å². The number of aryl methyl sites for hydroxylation is 1. The summed E-state index contributed by atoms with van der Waals surface area (Å²) in [5.74, 6) is 0.527. The normalized spacial score (nSPS) is 11.5. The van der Waals surface area contributed by atoms with Crippen molar-refractivity contribution in [1.29, 1.82) is 0 Å². The molecule has 172 valence electrons. The van der Waals surface area contributed by atoms with E-state index in [1.165, 1.54) is 22.7 Å². The van der Waals surface area contributed by atoms with Crippen molar-refractivity contribution in [3.63, 3.8) is 0 Å². The van der Waals surface area contributed by atoms with Crippen LogP contribution in [0.3, 0.4) is 0 Å². The zero-order valence-electron chi connectivity index (χ0n) is 18.9. The van der Waals surface area contributed by atoms with Gasteiger partial charge in [0.25, 0.3) is 5.56 Å². The summed E-state index contributed by atoms with van der Waals surface area (Å²) in [4.78, 5) is 27.3. The number of rotatable bonds is 8. The second-order valence-electron chi connectivity index (χ2n) is 8.40. The second-order valence-corrected chi connectivity index (χ2v) is 9.35. The number of carbonyl (C=O) groups excluding carboxylic acids is 1. The van der Waals surface area contributed by atoms with Crippen molar-refractivity contribution in [2.75, 3.05) is 12.8 Å². The number of benzene rings is 2. The van der Waals surface area contributed by atoms with Gasteiger partial charge >= 0.3 is 0 Å².